The zero-order chi connectivity index (χ0) is 4.28. The molecule has 0 aliphatic heterocycles. The molecule has 0 radical (unpaired) electrons. The molecule has 0 fully saturated rings. The van der Waals surface area contributed by atoms with E-state index in [1.807, 2.05) is 0 Å². The minimum atomic E-state index is -0.159. The summed E-state index contributed by atoms with van der Waals surface area (Å²) in [6, 6.07) is 0. The van der Waals surface area contributed by atoms with Crippen LogP contribution in [-0.2, 0) is 34.0 Å². The van der Waals surface area contributed by atoms with E-state index >= 15 is 0 Å². The standard InChI is InChI=1S/C2H4O2.Hg.H2O/c1-2(3)4;;/h1H3,(H,3,4);;1H2/q;+1;/p-1. The number of carbonyl (C=O) groups is 1. The molecular formula is C2H5HgO3. The van der Waals surface area contributed by atoms with Crippen LogP contribution in [0.1, 0.15) is 6.92 Å². The molecule has 0 atom stereocenters. The van der Waals surface area contributed by atoms with Crippen LogP contribution in [0.3, 0.4) is 0 Å². The van der Waals surface area contributed by atoms with Gasteiger partial charge in [-0.3, -0.25) is 0 Å². The van der Waals surface area contributed by atoms with Crippen LogP contribution in [0.15, 0.2) is 0 Å². The minimum Gasteiger partial charge on any atom is -0.412 e. The Balaban J connectivity index is 0. The molecule has 6 heavy (non-hydrogen) atoms. The van der Waals surface area contributed by atoms with E-state index in [-0.39, 0.29) is 38.0 Å². The second-order valence-electron chi connectivity index (χ2n) is 0.636. The van der Waals surface area contributed by atoms with Gasteiger partial charge in [0.1, 0.15) is 0 Å². The summed E-state index contributed by atoms with van der Waals surface area (Å²) in [4.78, 5) is 9.64. The van der Waals surface area contributed by atoms with Crippen molar-refractivity contribution in [2.45, 2.75) is 6.92 Å². The second kappa shape index (κ2) is 5.37. The molecule has 0 bridgehead atoms. The first-order valence-electron chi connectivity index (χ1n) is 1.20. The molecule has 33 valence electrons. The Morgan fingerprint density at radius 3 is 2.00 bits per heavy atom. The largest absolute Gasteiger partial charge is 0.412 e. The summed E-state index contributed by atoms with van der Waals surface area (Å²) >= 11 is 0.194. The normalized spacial score (nSPS) is 5.83. The Hall–Kier alpha value is 0.365. The SMILES string of the molecule is CC(=O)[O][Hg].O. The zero-order valence-corrected chi connectivity index (χ0v) is 9.02. The molecule has 0 aromatic rings. The van der Waals surface area contributed by atoms with Crippen molar-refractivity contribution in [3.05, 3.63) is 0 Å². The van der Waals surface area contributed by atoms with Gasteiger partial charge in [-0.2, -0.15) is 0 Å². The monoisotopic (exact) mass is 279 g/mol. The van der Waals surface area contributed by atoms with Crippen LogP contribution >= 0.6 is 0 Å². The predicted molar refractivity (Wildman–Crippen MR) is 15.4 cm³/mol. The Morgan fingerprint density at radius 2 is 2.00 bits per heavy atom. The summed E-state index contributed by atoms with van der Waals surface area (Å²) in [5.41, 5.74) is 0. The quantitative estimate of drug-likeness (QED) is 0.544. The molecular weight excluding hydrogens is 273 g/mol. The first-order chi connectivity index (χ1) is 2.27. The molecule has 0 amide bonds. The van der Waals surface area contributed by atoms with Crippen LogP contribution in [0.25, 0.3) is 0 Å². The fourth-order valence-corrected chi connectivity index (χ4v) is 0. The van der Waals surface area contributed by atoms with Gasteiger partial charge in [0.15, 0.2) is 0 Å². The third-order valence-electron chi connectivity index (χ3n) is 0.203. The van der Waals surface area contributed by atoms with E-state index < -0.39 is 0 Å². The molecule has 3 nitrogen and oxygen atoms in total. The first kappa shape index (κ1) is 9.62. The van der Waals surface area contributed by atoms with E-state index in [2.05, 4.69) is 2.64 Å². The van der Waals surface area contributed by atoms with E-state index in [4.69, 9.17) is 0 Å². The molecule has 0 saturated carbocycles. The van der Waals surface area contributed by atoms with Gasteiger partial charge in [0.2, 0.25) is 0 Å². The summed E-state index contributed by atoms with van der Waals surface area (Å²) in [7, 11) is 0. The molecule has 0 saturated heterocycles. The van der Waals surface area contributed by atoms with Crippen LogP contribution in [0, 0.1) is 0 Å². The zero-order valence-electron chi connectivity index (χ0n) is 3.52. The summed E-state index contributed by atoms with van der Waals surface area (Å²) in [5, 5.41) is 0. The fourth-order valence-electron chi connectivity index (χ4n) is 0. The van der Waals surface area contributed by atoms with Crippen LogP contribution in [0.5, 0.6) is 0 Å². The maximum absolute atomic E-state index is 9.64. The molecule has 0 aliphatic rings. The molecule has 2 N–H and O–H groups in total. The fraction of sp³-hybridized carbons (Fsp3) is 0.500. The second-order valence-corrected chi connectivity index (χ2v) is 1.76. The summed E-state index contributed by atoms with van der Waals surface area (Å²) in [5.74, 6) is -0.159. The predicted octanol–water partition coefficient (Wildman–Crippen LogP) is -0.813. The van der Waals surface area contributed by atoms with Crippen LogP contribution < -0.4 is 0 Å². The van der Waals surface area contributed by atoms with Gasteiger partial charge in [-0.1, -0.05) is 0 Å². The van der Waals surface area contributed by atoms with Crippen molar-refractivity contribution in [1.82, 2.24) is 0 Å². The van der Waals surface area contributed by atoms with Crippen molar-refractivity contribution in [2.75, 3.05) is 0 Å². The summed E-state index contributed by atoms with van der Waals surface area (Å²) < 4.78 is 4.31. The molecule has 0 heterocycles. The van der Waals surface area contributed by atoms with E-state index in [0.717, 1.165) is 0 Å². The number of carbonyl (C=O) groups excluding carboxylic acids is 1. The third-order valence-corrected chi connectivity index (χ3v) is 1.78. The van der Waals surface area contributed by atoms with Crippen molar-refractivity contribution < 1.29 is 39.5 Å². The molecule has 0 unspecified atom stereocenters. The van der Waals surface area contributed by atoms with Crippen molar-refractivity contribution in [3.8, 4) is 0 Å². The topological polar surface area (TPSA) is 57.8 Å². The molecule has 4 heteroatoms. The summed E-state index contributed by atoms with van der Waals surface area (Å²) in [6.45, 7) is 1.41. The third kappa shape index (κ3) is 8.84. The maximum Gasteiger partial charge on any atom is -0.412 e. The van der Waals surface area contributed by atoms with Gasteiger partial charge in [0.05, 0.1) is 0 Å². The Morgan fingerprint density at radius 1 is 1.83 bits per heavy atom. The van der Waals surface area contributed by atoms with Gasteiger partial charge in [-0.05, 0) is 0 Å². The smallest absolute Gasteiger partial charge is 0.412 e. The van der Waals surface area contributed by atoms with Gasteiger partial charge in [0.25, 0.3) is 0 Å². The van der Waals surface area contributed by atoms with Crippen LogP contribution in [-0.4, -0.2) is 11.4 Å². The number of rotatable bonds is 0. The molecule has 0 aliphatic carbocycles. The Bertz CT molecular complexity index is 44.1. The van der Waals surface area contributed by atoms with Crippen molar-refractivity contribution in [2.24, 2.45) is 0 Å². The maximum atomic E-state index is 9.64. The molecule has 0 aromatic carbocycles. The van der Waals surface area contributed by atoms with Crippen LogP contribution in [0.2, 0.25) is 0 Å². The number of hydrogen-bond donors (Lipinski definition) is 0. The molecule has 0 spiro atoms. The van der Waals surface area contributed by atoms with Crippen molar-refractivity contribution in [3.63, 3.8) is 0 Å². The summed E-state index contributed by atoms with van der Waals surface area (Å²) in [6.07, 6.45) is 0. The van der Waals surface area contributed by atoms with Crippen molar-refractivity contribution >= 4 is 5.97 Å². The molecule has 0 rings (SSSR count). The van der Waals surface area contributed by atoms with Crippen molar-refractivity contribution in [1.29, 1.82) is 0 Å². The average molecular weight is 278 g/mol. The van der Waals surface area contributed by atoms with Gasteiger partial charge >= 0.3 is 46.9 Å². The molecule has 0 aromatic heterocycles. The van der Waals surface area contributed by atoms with E-state index in [9.17, 15) is 4.79 Å². The van der Waals surface area contributed by atoms with Gasteiger partial charge < -0.3 is 5.48 Å². The Labute approximate surface area is 52.6 Å². The van der Waals surface area contributed by atoms with Gasteiger partial charge in [-0.25, -0.2) is 0 Å². The Kier molecular flexibility index (Phi) is 8.60. The average Bonchev–Trinajstić information content (AvgIpc) is 1.38. The van der Waals surface area contributed by atoms with E-state index in [1.54, 1.807) is 0 Å². The minimum absolute atomic E-state index is 0. The van der Waals surface area contributed by atoms with E-state index in [0.29, 0.717) is 0 Å². The first-order valence-corrected chi connectivity index (χ1v) is 3.44. The number of hydrogen-bond acceptors (Lipinski definition) is 2. The van der Waals surface area contributed by atoms with Gasteiger partial charge in [0, 0.05) is 0 Å². The van der Waals surface area contributed by atoms with Crippen LogP contribution in [0.4, 0.5) is 0 Å². The van der Waals surface area contributed by atoms with E-state index in [1.165, 1.54) is 6.92 Å². The van der Waals surface area contributed by atoms with Gasteiger partial charge in [-0.15, -0.1) is 0 Å².